The van der Waals surface area contributed by atoms with Crippen LogP contribution < -0.4 is 5.73 Å². The Labute approximate surface area is 126 Å². The molecular weight excluding hydrogens is 324 g/mol. The van der Waals surface area contributed by atoms with Gasteiger partial charge in [0, 0.05) is 22.3 Å². The Morgan fingerprint density at radius 3 is 2.95 bits per heavy atom. The van der Waals surface area contributed by atoms with E-state index in [-0.39, 0.29) is 24.7 Å². The number of carbonyl (C=O) groups excluding carboxylic acids is 1. The zero-order chi connectivity index (χ0) is 14.9. The summed E-state index contributed by atoms with van der Waals surface area (Å²) < 4.78 is 6.24. The van der Waals surface area contributed by atoms with Crippen molar-refractivity contribution in [2.45, 2.75) is 26.0 Å². The number of morpholine rings is 1. The van der Waals surface area contributed by atoms with E-state index in [0.717, 1.165) is 10.0 Å². The number of nitrogens with zero attached hydrogens (tertiary/aromatic N) is 1. The van der Waals surface area contributed by atoms with Crippen molar-refractivity contribution in [2.75, 3.05) is 25.5 Å². The van der Waals surface area contributed by atoms with Crippen LogP contribution in [-0.4, -0.2) is 47.8 Å². The zero-order valence-electron chi connectivity index (χ0n) is 11.6. The van der Waals surface area contributed by atoms with Crippen LogP contribution in [0.2, 0.25) is 0 Å². The van der Waals surface area contributed by atoms with Gasteiger partial charge in [0.15, 0.2) is 0 Å². The van der Waals surface area contributed by atoms with Gasteiger partial charge in [-0.2, -0.15) is 0 Å². The van der Waals surface area contributed by atoms with Gasteiger partial charge in [-0.3, -0.25) is 4.79 Å². The average molecular weight is 343 g/mol. The summed E-state index contributed by atoms with van der Waals surface area (Å²) in [7, 11) is 0. The van der Waals surface area contributed by atoms with Crippen LogP contribution in [0, 0.1) is 6.92 Å². The van der Waals surface area contributed by atoms with Crippen molar-refractivity contribution < 1.29 is 14.6 Å². The van der Waals surface area contributed by atoms with E-state index in [4.69, 9.17) is 10.5 Å². The standard InChI is InChI=1S/C14H19BrN2O3/c1-8-7-20-11(6-18)5-17(8)14(19)12-3-10(15)4-13(16)9(12)2/h3-4,8,11,18H,5-7,16H2,1-2H3. The highest BCUT2D eigenvalue weighted by atomic mass is 79.9. The summed E-state index contributed by atoms with van der Waals surface area (Å²) in [5.74, 6) is -0.0789. The Balaban J connectivity index is 2.30. The van der Waals surface area contributed by atoms with Crippen molar-refractivity contribution >= 4 is 27.5 Å². The molecule has 2 unspecified atom stereocenters. The number of amides is 1. The number of nitrogens with two attached hydrogens (primary N) is 1. The number of aliphatic hydroxyl groups excluding tert-OH is 1. The van der Waals surface area contributed by atoms with Crippen molar-refractivity contribution in [3.8, 4) is 0 Å². The molecule has 110 valence electrons. The molecule has 0 radical (unpaired) electrons. The topological polar surface area (TPSA) is 75.8 Å². The van der Waals surface area contributed by atoms with Gasteiger partial charge in [-0.25, -0.2) is 0 Å². The molecule has 1 aliphatic heterocycles. The Bertz CT molecular complexity index is 521. The van der Waals surface area contributed by atoms with Crippen molar-refractivity contribution in [3.05, 3.63) is 27.7 Å². The van der Waals surface area contributed by atoms with Gasteiger partial charge in [-0.15, -0.1) is 0 Å². The van der Waals surface area contributed by atoms with E-state index in [1.165, 1.54) is 0 Å². The maximum atomic E-state index is 12.7. The predicted octanol–water partition coefficient (Wildman–Crippen LogP) is 1.56. The van der Waals surface area contributed by atoms with Gasteiger partial charge in [0.2, 0.25) is 0 Å². The van der Waals surface area contributed by atoms with Gasteiger partial charge < -0.3 is 20.5 Å². The van der Waals surface area contributed by atoms with Crippen LogP contribution in [0.15, 0.2) is 16.6 Å². The summed E-state index contributed by atoms with van der Waals surface area (Å²) >= 11 is 3.36. The lowest BCUT2D eigenvalue weighted by molar-refractivity contribution is -0.0667. The van der Waals surface area contributed by atoms with E-state index in [2.05, 4.69) is 15.9 Å². The lowest BCUT2D eigenvalue weighted by Gasteiger charge is -2.37. The highest BCUT2D eigenvalue weighted by Gasteiger charge is 2.30. The van der Waals surface area contributed by atoms with Gasteiger partial charge in [0.25, 0.3) is 5.91 Å². The first-order valence-electron chi connectivity index (χ1n) is 6.53. The first-order valence-corrected chi connectivity index (χ1v) is 7.32. The van der Waals surface area contributed by atoms with Gasteiger partial charge >= 0.3 is 0 Å². The molecule has 6 heteroatoms. The van der Waals surface area contributed by atoms with Gasteiger partial charge in [0.05, 0.1) is 25.4 Å². The number of aliphatic hydroxyl groups is 1. The summed E-state index contributed by atoms with van der Waals surface area (Å²) in [6, 6.07) is 3.54. The van der Waals surface area contributed by atoms with E-state index in [1.807, 2.05) is 13.8 Å². The highest BCUT2D eigenvalue weighted by Crippen LogP contribution is 2.25. The molecule has 2 rings (SSSR count). The number of carbonyl (C=O) groups is 1. The molecule has 1 amide bonds. The molecule has 0 saturated carbocycles. The summed E-state index contributed by atoms with van der Waals surface area (Å²) in [5.41, 5.74) is 7.86. The van der Waals surface area contributed by atoms with Crippen molar-refractivity contribution in [2.24, 2.45) is 0 Å². The Morgan fingerprint density at radius 1 is 1.60 bits per heavy atom. The number of hydrogen-bond acceptors (Lipinski definition) is 4. The van der Waals surface area contributed by atoms with Gasteiger partial charge in [0.1, 0.15) is 0 Å². The number of nitrogen functional groups attached to an aromatic ring is 1. The number of halogens is 1. The third-order valence-corrected chi connectivity index (χ3v) is 4.07. The average Bonchev–Trinajstić information content (AvgIpc) is 2.42. The summed E-state index contributed by atoms with van der Waals surface area (Å²) in [4.78, 5) is 14.4. The SMILES string of the molecule is Cc1c(N)cc(Br)cc1C(=O)N1CC(CO)OCC1C. The predicted molar refractivity (Wildman–Crippen MR) is 80.6 cm³/mol. The first-order chi connectivity index (χ1) is 9.43. The Hall–Kier alpha value is -1.11. The van der Waals surface area contributed by atoms with Crippen LogP contribution in [0.1, 0.15) is 22.8 Å². The molecule has 1 heterocycles. The van der Waals surface area contributed by atoms with Crippen molar-refractivity contribution in [3.63, 3.8) is 0 Å². The monoisotopic (exact) mass is 342 g/mol. The Kier molecular flexibility index (Phi) is 4.67. The molecule has 5 nitrogen and oxygen atoms in total. The smallest absolute Gasteiger partial charge is 0.254 e. The summed E-state index contributed by atoms with van der Waals surface area (Å²) in [6.07, 6.45) is -0.319. The normalized spacial score (nSPS) is 22.9. The van der Waals surface area contributed by atoms with Crippen LogP contribution in [-0.2, 0) is 4.74 Å². The van der Waals surface area contributed by atoms with E-state index in [1.54, 1.807) is 17.0 Å². The van der Waals surface area contributed by atoms with Crippen molar-refractivity contribution in [1.29, 1.82) is 0 Å². The highest BCUT2D eigenvalue weighted by molar-refractivity contribution is 9.10. The molecular formula is C14H19BrN2O3. The lowest BCUT2D eigenvalue weighted by Crippen LogP contribution is -2.52. The molecule has 3 N–H and O–H groups in total. The third-order valence-electron chi connectivity index (χ3n) is 3.61. The van der Waals surface area contributed by atoms with E-state index < -0.39 is 0 Å². The quantitative estimate of drug-likeness (QED) is 0.799. The fraction of sp³-hybridized carbons (Fsp3) is 0.500. The van der Waals surface area contributed by atoms with Crippen LogP contribution >= 0.6 is 15.9 Å². The molecule has 1 aromatic rings. The molecule has 0 bridgehead atoms. The Morgan fingerprint density at radius 2 is 2.30 bits per heavy atom. The number of ether oxygens (including phenoxy) is 1. The van der Waals surface area contributed by atoms with Gasteiger partial charge in [-0.05, 0) is 31.5 Å². The van der Waals surface area contributed by atoms with E-state index in [9.17, 15) is 9.90 Å². The summed E-state index contributed by atoms with van der Waals surface area (Å²) in [5, 5.41) is 9.20. The fourth-order valence-corrected chi connectivity index (χ4v) is 2.76. The second kappa shape index (κ2) is 6.11. The largest absolute Gasteiger partial charge is 0.398 e. The van der Waals surface area contributed by atoms with Crippen molar-refractivity contribution in [1.82, 2.24) is 4.90 Å². The maximum absolute atomic E-state index is 12.7. The van der Waals surface area contributed by atoms with Crippen LogP contribution in [0.3, 0.4) is 0 Å². The molecule has 1 aromatic carbocycles. The first kappa shape index (κ1) is 15.3. The zero-order valence-corrected chi connectivity index (χ0v) is 13.2. The molecule has 0 aliphatic carbocycles. The number of anilines is 1. The lowest BCUT2D eigenvalue weighted by atomic mass is 10.0. The summed E-state index contributed by atoms with van der Waals surface area (Å²) in [6.45, 7) is 4.50. The van der Waals surface area contributed by atoms with Crippen LogP contribution in [0.25, 0.3) is 0 Å². The van der Waals surface area contributed by atoms with E-state index in [0.29, 0.717) is 24.4 Å². The minimum absolute atomic E-state index is 0.0232. The maximum Gasteiger partial charge on any atom is 0.254 e. The minimum atomic E-state index is -0.319. The minimum Gasteiger partial charge on any atom is -0.398 e. The number of benzene rings is 1. The van der Waals surface area contributed by atoms with E-state index >= 15 is 0 Å². The van der Waals surface area contributed by atoms with Crippen LogP contribution in [0.4, 0.5) is 5.69 Å². The fourth-order valence-electron chi connectivity index (χ4n) is 2.29. The molecule has 20 heavy (non-hydrogen) atoms. The second-order valence-electron chi connectivity index (χ2n) is 5.11. The van der Waals surface area contributed by atoms with Gasteiger partial charge in [-0.1, -0.05) is 15.9 Å². The molecule has 1 aliphatic rings. The molecule has 1 fully saturated rings. The van der Waals surface area contributed by atoms with Crippen LogP contribution in [0.5, 0.6) is 0 Å². The second-order valence-corrected chi connectivity index (χ2v) is 6.03. The number of hydrogen-bond donors (Lipinski definition) is 2. The third kappa shape index (κ3) is 2.97. The molecule has 1 saturated heterocycles. The molecule has 0 spiro atoms. The molecule has 0 aromatic heterocycles. The molecule has 2 atom stereocenters. The number of rotatable bonds is 2.